The van der Waals surface area contributed by atoms with Gasteiger partial charge in [0.1, 0.15) is 0 Å². The van der Waals surface area contributed by atoms with Crippen LogP contribution in [0.5, 0.6) is 0 Å². The van der Waals surface area contributed by atoms with Crippen molar-refractivity contribution in [2.24, 2.45) is 11.8 Å². The summed E-state index contributed by atoms with van der Waals surface area (Å²) in [4.78, 5) is 14.4. The molecule has 3 heterocycles. The van der Waals surface area contributed by atoms with Crippen molar-refractivity contribution < 1.29 is 9.53 Å². The zero-order valence-corrected chi connectivity index (χ0v) is 10.9. The van der Waals surface area contributed by atoms with Gasteiger partial charge in [0.15, 0.2) is 0 Å². The monoisotopic (exact) mass is 235 g/mol. The fourth-order valence-corrected chi connectivity index (χ4v) is 4.45. The Balaban J connectivity index is 1.67. The van der Waals surface area contributed by atoms with Crippen LogP contribution in [-0.2, 0) is 9.53 Å². The van der Waals surface area contributed by atoms with E-state index in [1.165, 1.54) is 6.42 Å². The molecule has 2 saturated carbocycles. The van der Waals surface area contributed by atoms with Crippen LogP contribution in [0.3, 0.4) is 0 Å². The second kappa shape index (κ2) is 2.71. The van der Waals surface area contributed by atoms with Gasteiger partial charge in [0.05, 0.1) is 23.3 Å². The van der Waals surface area contributed by atoms with Crippen molar-refractivity contribution in [1.82, 2.24) is 4.90 Å². The largest absolute Gasteiger partial charge is 0.367 e. The first-order valence-corrected chi connectivity index (χ1v) is 6.96. The highest BCUT2D eigenvalue weighted by Crippen LogP contribution is 2.61. The smallest absolute Gasteiger partial charge is 0.226 e. The molecular weight excluding hydrogens is 214 g/mol. The summed E-state index contributed by atoms with van der Waals surface area (Å²) in [5.41, 5.74) is -0.125. The topological polar surface area (TPSA) is 29.3 Å². The van der Waals surface area contributed by atoms with Crippen LogP contribution in [0, 0.1) is 11.8 Å². The summed E-state index contributed by atoms with van der Waals surface area (Å²) in [5.74, 6) is 1.32. The summed E-state index contributed by atoms with van der Waals surface area (Å²) in [7, 11) is 0. The maximum atomic E-state index is 12.3. The van der Waals surface area contributed by atoms with Gasteiger partial charge in [-0.25, -0.2) is 0 Å². The molecule has 4 atom stereocenters. The van der Waals surface area contributed by atoms with E-state index in [0.29, 0.717) is 29.8 Å². The Hall–Kier alpha value is -0.570. The van der Waals surface area contributed by atoms with Crippen molar-refractivity contribution in [3.8, 4) is 0 Å². The van der Waals surface area contributed by atoms with Gasteiger partial charge < -0.3 is 9.64 Å². The molecule has 1 amide bonds. The highest BCUT2D eigenvalue weighted by Gasteiger charge is 2.73. The lowest BCUT2D eigenvalue weighted by atomic mass is 9.69. The van der Waals surface area contributed by atoms with Crippen molar-refractivity contribution in [1.29, 1.82) is 0 Å². The van der Waals surface area contributed by atoms with Crippen LogP contribution >= 0.6 is 0 Å². The predicted octanol–water partition coefficient (Wildman–Crippen LogP) is 1.95. The number of ether oxygens (including phenoxy) is 1. The molecule has 5 fully saturated rings. The van der Waals surface area contributed by atoms with Gasteiger partial charge in [-0.15, -0.1) is 0 Å². The predicted molar refractivity (Wildman–Crippen MR) is 63.4 cm³/mol. The molecule has 0 N–H and O–H groups in total. The molecule has 94 valence electrons. The van der Waals surface area contributed by atoms with Crippen LogP contribution in [0.25, 0.3) is 0 Å². The minimum Gasteiger partial charge on any atom is -0.367 e. The van der Waals surface area contributed by atoms with Crippen LogP contribution in [0.2, 0.25) is 0 Å². The molecule has 0 aromatic rings. The van der Waals surface area contributed by atoms with Gasteiger partial charge in [-0.2, -0.15) is 0 Å². The van der Waals surface area contributed by atoms with Gasteiger partial charge in [-0.3, -0.25) is 4.79 Å². The second-order valence-electron chi connectivity index (χ2n) is 7.12. The van der Waals surface area contributed by atoms with Gasteiger partial charge >= 0.3 is 0 Å². The lowest BCUT2D eigenvalue weighted by Crippen LogP contribution is -2.58. The third kappa shape index (κ3) is 1.19. The van der Waals surface area contributed by atoms with Gasteiger partial charge in [0.25, 0.3) is 0 Å². The minimum absolute atomic E-state index is 0.0489. The molecule has 3 aliphatic heterocycles. The Morgan fingerprint density at radius 2 is 1.94 bits per heavy atom. The molecule has 0 aromatic carbocycles. The SMILES string of the molecule is CC1(C)OC2(C)CCC1C1C2N1C(=O)C1CC1. The summed E-state index contributed by atoms with van der Waals surface area (Å²) in [6, 6.07) is 0.882. The van der Waals surface area contributed by atoms with Gasteiger partial charge in [0.2, 0.25) is 5.91 Å². The first-order chi connectivity index (χ1) is 7.94. The minimum atomic E-state index is -0.0759. The van der Waals surface area contributed by atoms with Gasteiger partial charge in [0, 0.05) is 11.8 Å². The lowest BCUT2D eigenvalue weighted by molar-refractivity contribution is -0.214. The van der Waals surface area contributed by atoms with E-state index in [4.69, 9.17) is 4.74 Å². The number of likely N-dealkylation sites (tertiary alicyclic amines) is 1. The molecule has 4 unspecified atom stereocenters. The van der Waals surface area contributed by atoms with Crippen LogP contribution < -0.4 is 0 Å². The zero-order chi connectivity index (χ0) is 12.0. The van der Waals surface area contributed by atoms with Crippen LogP contribution in [-0.4, -0.2) is 34.1 Å². The molecule has 17 heavy (non-hydrogen) atoms. The molecule has 3 saturated heterocycles. The van der Waals surface area contributed by atoms with E-state index in [9.17, 15) is 4.79 Å². The fraction of sp³-hybridized carbons (Fsp3) is 0.929. The number of amides is 1. The quantitative estimate of drug-likeness (QED) is 0.650. The lowest BCUT2D eigenvalue weighted by Gasteiger charge is -2.51. The van der Waals surface area contributed by atoms with E-state index in [0.717, 1.165) is 19.3 Å². The van der Waals surface area contributed by atoms with Crippen molar-refractivity contribution in [3.63, 3.8) is 0 Å². The summed E-state index contributed by atoms with van der Waals surface area (Å²) < 4.78 is 6.30. The van der Waals surface area contributed by atoms with Crippen molar-refractivity contribution in [2.75, 3.05) is 0 Å². The number of nitrogens with zero attached hydrogens (tertiary/aromatic N) is 1. The highest BCUT2D eigenvalue weighted by molar-refractivity contribution is 5.84. The van der Waals surface area contributed by atoms with E-state index in [2.05, 4.69) is 25.7 Å². The standard InChI is InChI=1S/C14H21NO2/c1-13(2)9-6-7-14(3,17-13)11-10(9)15(11)12(16)8-4-5-8/h8-11H,4-7H2,1-3H3. The maximum absolute atomic E-state index is 12.3. The molecule has 3 heteroatoms. The molecule has 3 nitrogen and oxygen atoms in total. The van der Waals surface area contributed by atoms with Crippen molar-refractivity contribution in [3.05, 3.63) is 0 Å². The number of carbonyl (C=O) groups excluding carboxylic acids is 1. The number of fused-ring (bicyclic) bond motifs is 2. The molecule has 0 spiro atoms. The van der Waals surface area contributed by atoms with Crippen LogP contribution in [0.15, 0.2) is 0 Å². The number of hydrogen-bond donors (Lipinski definition) is 0. The summed E-state index contributed by atoms with van der Waals surface area (Å²) in [5, 5.41) is 0. The molecule has 5 rings (SSSR count). The molecule has 0 aromatic heterocycles. The van der Waals surface area contributed by atoms with E-state index in [1.807, 2.05) is 0 Å². The van der Waals surface area contributed by atoms with Crippen molar-refractivity contribution >= 4 is 5.91 Å². The Morgan fingerprint density at radius 3 is 2.53 bits per heavy atom. The average molecular weight is 235 g/mol. The molecule has 0 radical (unpaired) electrons. The Kier molecular flexibility index (Phi) is 1.65. The molecule has 2 bridgehead atoms. The first-order valence-electron chi connectivity index (χ1n) is 6.96. The van der Waals surface area contributed by atoms with Crippen molar-refractivity contribution in [2.45, 2.75) is 69.7 Å². The highest BCUT2D eigenvalue weighted by atomic mass is 16.5. The van der Waals surface area contributed by atoms with Crippen LogP contribution in [0.1, 0.15) is 46.5 Å². The first kappa shape index (κ1) is 10.4. The number of hydrogen-bond acceptors (Lipinski definition) is 2. The maximum Gasteiger partial charge on any atom is 0.226 e. The van der Waals surface area contributed by atoms with Gasteiger partial charge in [-0.05, 0) is 46.5 Å². The third-order valence-electron chi connectivity index (χ3n) is 5.41. The zero-order valence-electron chi connectivity index (χ0n) is 10.9. The van der Waals surface area contributed by atoms with E-state index < -0.39 is 0 Å². The molecule has 5 aliphatic rings. The van der Waals surface area contributed by atoms with Gasteiger partial charge in [-0.1, -0.05) is 0 Å². The Morgan fingerprint density at radius 1 is 1.24 bits per heavy atom. The third-order valence-corrected chi connectivity index (χ3v) is 5.41. The molecular formula is C14H21NO2. The summed E-state index contributed by atoms with van der Waals surface area (Å²) >= 11 is 0. The normalized spacial score (nSPS) is 50.1. The Labute approximate surface area is 102 Å². The number of carbonyl (C=O) groups is 1. The van der Waals surface area contributed by atoms with Crippen LogP contribution in [0.4, 0.5) is 0 Å². The summed E-state index contributed by atoms with van der Waals surface area (Å²) in [6.45, 7) is 6.61. The van der Waals surface area contributed by atoms with E-state index >= 15 is 0 Å². The molecule has 2 aliphatic carbocycles. The number of rotatable bonds is 1. The average Bonchev–Trinajstić information content (AvgIpc) is 3.09. The fourth-order valence-electron chi connectivity index (χ4n) is 4.45. The van der Waals surface area contributed by atoms with E-state index in [-0.39, 0.29) is 11.2 Å². The summed E-state index contributed by atoms with van der Waals surface area (Å²) in [6.07, 6.45) is 4.57. The Bertz CT molecular complexity index is 401. The van der Waals surface area contributed by atoms with E-state index in [1.54, 1.807) is 0 Å². The second-order valence-corrected chi connectivity index (χ2v) is 7.12.